The fraction of sp³-hybridized carbons (Fsp3) is 0.471. The Bertz CT molecular complexity index is 538. The van der Waals surface area contributed by atoms with E-state index in [1.54, 1.807) is 11.3 Å². The lowest BCUT2D eigenvalue weighted by molar-refractivity contribution is 0.124. The Labute approximate surface area is 130 Å². The van der Waals surface area contributed by atoms with E-state index in [4.69, 9.17) is 4.74 Å². The van der Waals surface area contributed by atoms with E-state index in [-0.39, 0.29) is 0 Å². The lowest BCUT2D eigenvalue weighted by atomic mass is 9.99. The number of nitrogens with zero attached hydrogens (tertiary/aromatic N) is 2. The zero-order valence-corrected chi connectivity index (χ0v) is 13.3. The summed E-state index contributed by atoms with van der Waals surface area (Å²) in [6, 6.07) is 8.33. The van der Waals surface area contributed by atoms with Crippen molar-refractivity contribution in [3.05, 3.63) is 46.4 Å². The molecule has 2 heterocycles. The van der Waals surface area contributed by atoms with Gasteiger partial charge >= 0.3 is 0 Å². The summed E-state index contributed by atoms with van der Waals surface area (Å²) in [5, 5.41) is 2.15. The van der Waals surface area contributed by atoms with Gasteiger partial charge in [0.25, 0.3) is 0 Å². The number of rotatable bonds is 5. The summed E-state index contributed by atoms with van der Waals surface area (Å²) in [7, 11) is 0. The second-order valence-electron chi connectivity index (χ2n) is 5.85. The summed E-state index contributed by atoms with van der Waals surface area (Å²) in [6.07, 6.45) is 2.52. The smallest absolute Gasteiger partial charge is 0.119 e. The van der Waals surface area contributed by atoms with Crippen molar-refractivity contribution < 1.29 is 4.74 Å². The molecule has 1 saturated heterocycles. The zero-order chi connectivity index (χ0) is 14.5. The standard InChI is InChI=1S/C17H22N2OS/c1-14-4-6-17(7-5-14)20-11-15-3-2-8-19(9-15)10-16-12-21-13-18-16/h4-7,12-13,15H,2-3,8-11H2,1H3. The molecule has 0 bridgehead atoms. The average Bonchev–Trinajstić information content (AvgIpc) is 3.00. The number of benzene rings is 1. The first kappa shape index (κ1) is 14.5. The second-order valence-corrected chi connectivity index (χ2v) is 6.57. The SMILES string of the molecule is Cc1ccc(OCC2CCCN(Cc3cscn3)C2)cc1. The molecule has 1 aliphatic rings. The van der Waals surface area contributed by atoms with Crippen LogP contribution in [-0.2, 0) is 6.54 Å². The van der Waals surface area contributed by atoms with Crippen LogP contribution in [0.25, 0.3) is 0 Å². The summed E-state index contributed by atoms with van der Waals surface area (Å²) in [6.45, 7) is 6.18. The molecule has 4 heteroatoms. The van der Waals surface area contributed by atoms with Gasteiger partial charge < -0.3 is 4.74 Å². The molecular formula is C17H22N2OS. The highest BCUT2D eigenvalue weighted by atomic mass is 32.1. The Morgan fingerprint density at radius 3 is 2.95 bits per heavy atom. The van der Waals surface area contributed by atoms with Gasteiger partial charge in [0.05, 0.1) is 17.8 Å². The zero-order valence-electron chi connectivity index (χ0n) is 12.5. The maximum Gasteiger partial charge on any atom is 0.119 e. The van der Waals surface area contributed by atoms with E-state index in [9.17, 15) is 0 Å². The molecule has 0 radical (unpaired) electrons. The molecule has 1 aromatic carbocycles. The molecule has 0 spiro atoms. The van der Waals surface area contributed by atoms with Crippen LogP contribution in [-0.4, -0.2) is 29.6 Å². The molecule has 0 N–H and O–H groups in total. The van der Waals surface area contributed by atoms with Crippen molar-refractivity contribution in [2.24, 2.45) is 5.92 Å². The van der Waals surface area contributed by atoms with Crippen LogP contribution in [0.15, 0.2) is 35.2 Å². The number of thiazole rings is 1. The van der Waals surface area contributed by atoms with Crippen molar-refractivity contribution in [1.29, 1.82) is 0 Å². The van der Waals surface area contributed by atoms with E-state index >= 15 is 0 Å². The molecule has 1 atom stereocenters. The van der Waals surface area contributed by atoms with E-state index in [0.717, 1.165) is 25.4 Å². The normalized spacial score (nSPS) is 19.6. The van der Waals surface area contributed by atoms with E-state index in [0.29, 0.717) is 5.92 Å². The van der Waals surface area contributed by atoms with Crippen molar-refractivity contribution in [1.82, 2.24) is 9.88 Å². The second kappa shape index (κ2) is 7.05. The largest absolute Gasteiger partial charge is 0.493 e. The quantitative estimate of drug-likeness (QED) is 0.841. The molecule has 1 fully saturated rings. The first-order chi connectivity index (χ1) is 10.3. The Kier molecular flexibility index (Phi) is 4.88. The van der Waals surface area contributed by atoms with Gasteiger partial charge in [0.1, 0.15) is 5.75 Å². The summed E-state index contributed by atoms with van der Waals surface area (Å²) in [5.41, 5.74) is 4.38. The maximum atomic E-state index is 5.94. The molecule has 0 saturated carbocycles. The molecule has 3 rings (SSSR count). The minimum absolute atomic E-state index is 0.624. The van der Waals surface area contributed by atoms with Gasteiger partial charge in [0, 0.05) is 24.4 Å². The number of piperidine rings is 1. The molecule has 3 nitrogen and oxygen atoms in total. The predicted molar refractivity (Wildman–Crippen MR) is 86.8 cm³/mol. The molecule has 0 amide bonds. The van der Waals surface area contributed by atoms with Gasteiger partial charge in [-0.15, -0.1) is 11.3 Å². The van der Waals surface area contributed by atoms with E-state index in [1.165, 1.54) is 30.6 Å². The summed E-state index contributed by atoms with van der Waals surface area (Å²) in [4.78, 5) is 6.88. The third-order valence-corrected chi connectivity index (χ3v) is 4.61. The third-order valence-electron chi connectivity index (χ3n) is 3.98. The average molecular weight is 302 g/mol. The van der Waals surface area contributed by atoms with Crippen molar-refractivity contribution in [3.8, 4) is 5.75 Å². The number of ether oxygens (including phenoxy) is 1. The molecule has 21 heavy (non-hydrogen) atoms. The molecule has 112 valence electrons. The predicted octanol–water partition coefficient (Wildman–Crippen LogP) is 3.74. The van der Waals surface area contributed by atoms with Gasteiger partial charge in [-0.2, -0.15) is 0 Å². The van der Waals surface area contributed by atoms with Crippen LogP contribution in [0.2, 0.25) is 0 Å². The van der Waals surface area contributed by atoms with Crippen molar-refractivity contribution in [3.63, 3.8) is 0 Å². The monoisotopic (exact) mass is 302 g/mol. The Balaban J connectivity index is 1.48. The van der Waals surface area contributed by atoms with E-state index in [2.05, 4.69) is 46.5 Å². The number of aromatic nitrogens is 1. The highest BCUT2D eigenvalue weighted by Gasteiger charge is 2.20. The molecular weight excluding hydrogens is 280 g/mol. The van der Waals surface area contributed by atoms with Crippen LogP contribution in [0.5, 0.6) is 5.75 Å². The number of hydrogen-bond acceptors (Lipinski definition) is 4. The van der Waals surface area contributed by atoms with Gasteiger partial charge in [0.15, 0.2) is 0 Å². The summed E-state index contributed by atoms with van der Waals surface area (Å²) >= 11 is 1.68. The van der Waals surface area contributed by atoms with Gasteiger partial charge in [-0.3, -0.25) is 4.90 Å². The molecule has 1 aromatic heterocycles. The summed E-state index contributed by atoms with van der Waals surface area (Å²) < 4.78 is 5.94. The topological polar surface area (TPSA) is 25.4 Å². The van der Waals surface area contributed by atoms with Gasteiger partial charge in [-0.25, -0.2) is 4.98 Å². The van der Waals surface area contributed by atoms with Crippen molar-refractivity contribution in [2.75, 3.05) is 19.7 Å². The summed E-state index contributed by atoms with van der Waals surface area (Å²) in [5.74, 6) is 1.61. The minimum Gasteiger partial charge on any atom is -0.493 e. The third kappa shape index (κ3) is 4.29. The van der Waals surface area contributed by atoms with Crippen LogP contribution < -0.4 is 4.74 Å². The lowest BCUT2D eigenvalue weighted by Crippen LogP contribution is -2.37. The Hall–Kier alpha value is -1.39. The molecule has 1 aliphatic heterocycles. The van der Waals surface area contributed by atoms with Gasteiger partial charge in [-0.1, -0.05) is 17.7 Å². The van der Waals surface area contributed by atoms with Crippen LogP contribution in [0.4, 0.5) is 0 Å². The van der Waals surface area contributed by atoms with Crippen LogP contribution in [0.1, 0.15) is 24.1 Å². The van der Waals surface area contributed by atoms with Crippen LogP contribution in [0, 0.1) is 12.8 Å². The number of aryl methyl sites for hydroxylation is 1. The lowest BCUT2D eigenvalue weighted by Gasteiger charge is -2.32. The Morgan fingerprint density at radius 1 is 1.33 bits per heavy atom. The van der Waals surface area contributed by atoms with E-state index in [1.807, 2.05) is 5.51 Å². The fourth-order valence-corrected chi connectivity index (χ4v) is 3.37. The highest BCUT2D eigenvalue weighted by molar-refractivity contribution is 7.07. The van der Waals surface area contributed by atoms with Gasteiger partial charge in [-0.05, 0) is 38.4 Å². The number of hydrogen-bond donors (Lipinski definition) is 0. The maximum absolute atomic E-state index is 5.94. The first-order valence-electron chi connectivity index (χ1n) is 7.58. The number of likely N-dealkylation sites (tertiary alicyclic amines) is 1. The molecule has 2 aromatic rings. The fourth-order valence-electron chi connectivity index (χ4n) is 2.82. The van der Waals surface area contributed by atoms with E-state index < -0.39 is 0 Å². The Morgan fingerprint density at radius 2 is 2.19 bits per heavy atom. The first-order valence-corrected chi connectivity index (χ1v) is 8.53. The van der Waals surface area contributed by atoms with Crippen molar-refractivity contribution in [2.45, 2.75) is 26.3 Å². The van der Waals surface area contributed by atoms with Crippen LogP contribution in [0.3, 0.4) is 0 Å². The highest BCUT2D eigenvalue weighted by Crippen LogP contribution is 2.20. The van der Waals surface area contributed by atoms with Crippen LogP contribution >= 0.6 is 11.3 Å². The molecule has 0 aliphatic carbocycles. The molecule has 1 unspecified atom stereocenters. The van der Waals surface area contributed by atoms with Gasteiger partial charge in [0.2, 0.25) is 0 Å². The van der Waals surface area contributed by atoms with Crippen molar-refractivity contribution >= 4 is 11.3 Å². The minimum atomic E-state index is 0.624.